The Kier molecular flexibility index (Phi) is 4.87. The lowest BCUT2D eigenvalue weighted by Crippen LogP contribution is -2.27. The minimum absolute atomic E-state index is 0.243. The van der Waals surface area contributed by atoms with Crippen molar-refractivity contribution in [1.82, 2.24) is 10.3 Å². The fraction of sp³-hybridized carbons (Fsp3) is 0.250. The predicted molar refractivity (Wildman–Crippen MR) is 77.7 cm³/mol. The van der Waals surface area contributed by atoms with Crippen molar-refractivity contribution in [3.05, 3.63) is 59.5 Å². The van der Waals surface area contributed by atoms with Gasteiger partial charge in [-0.2, -0.15) is 0 Å². The number of carbonyl (C=O) groups excluding carboxylic acids is 1. The van der Waals surface area contributed by atoms with Gasteiger partial charge < -0.3 is 10.1 Å². The van der Waals surface area contributed by atoms with Crippen LogP contribution in [0.25, 0.3) is 0 Å². The Hall–Kier alpha value is -2.43. The zero-order valence-electron chi connectivity index (χ0n) is 12.0. The first-order valence-corrected chi connectivity index (χ1v) is 6.76. The van der Waals surface area contributed by atoms with Gasteiger partial charge in [0.25, 0.3) is 5.91 Å². The van der Waals surface area contributed by atoms with Crippen molar-refractivity contribution < 1.29 is 13.9 Å². The number of hydrogen-bond donors (Lipinski definition) is 1. The number of aromatic nitrogens is 1. The summed E-state index contributed by atoms with van der Waals surface area (Å²) >= 11 is 0. The Morgan fingerprint density at radius 1 is 1.33 bits per heavy atom. The summed E-state index contributed by atoms with van der Waals surface area (Å²) in [5, 5.41) is 2.85. The SMILES string of the molecule is CCOc1ncccc1C(=O)N[C@@H](C)c1ccc(F)cc1. The normalized spacial score (nSPS) is 11.8. The highest BCUT2D eigenvalue weighted by Gasteiger charge is 2.16. The van der Waals surface area contributed by atoms with Gasteiger partial charge in [0, 0.05) is 6.20 Å². The molecule has 0 bridgehead atoms. The highest BCUT2D eigenvalue weighted by Crippen LogP contribution is 2.17. The van der Waals surface area contributed by atoms with Crippen LogP contribution in [-0.4, -0.2) is 17.5 Å². The van der Waals surface area contributed by atoms with E-state index < -0.39 is 0 Å². The molecule has 2 rings (SSSR count). The van der Waals surface area contributed by atoms with E-state index in [9.17, 15) is 9.18 Å². The number of carbonyl (C=O) groups is 1. The molecular formula is C16H17FN2O2. The standard InChI is InChI=1S/C16H17FN2O2/c1-3-21-16-14(5-4-10-18-16)15(20)19-11(2)12-6-8-13(17)9-7-12/h4-11H,3H2,1-2H3,(H,19,20)/t11-/m0/s1. The van der Waals surface area contributed by atoms with Crippen LogP contribution in [0.4, 0.5) is 4.39 Å². The molecule has 1 aromatic heterocycles. The average molecular weight is 288 g/mol. The molecule has 0 saturated carbocycles. The Morgan fingerprint density at radius 2 is 2.05 bits per heavy atom. The van der Waals surface area contributed by atoms with E-state index in [1.165, 1.54) is 12.1 Å². The summed E-state index contributed by atoms with van der Waals surface area (Å²) in [6, 6.07) is 9.12. The van der Waals surface area contributed by atoms with E-state index in [2.05, 4.69) is 10.3 Å². The minimum Gasteiger partial charge on any atom is -0.477 e. The van der Waals surface area contributed by atoms with Gasteiger partial charge in [0.15, 0.2) is 0 Å². The molecule has 110 valence electrons. The highest BCUT2D eigenvalue weighted by molar-refractivity contribution is 5.96. The molecule has 1 amide bonds. The number of halogens is 1. The van der Waals surface area contributed by atoms with E-state index in [0.29, 0.717) is 18.1 Å². The molecule has 1 N–H and O–H groups in total. The molecular weight excluding hydrogens is 271 g/mol. The fourth-order valence-corrected chi connectivity index (χ4v) is 1.92. The lowest BCUT2D eigenvalue weighted by atomic mass is 10.1. The predicted octanol–water partition coefficient (Wildman–Crippen LogP) is 3.11. The van der Waals surface area contributed by atoms with Crippen LogP contribution in [-0.2, 0) is 0 Å². The van der Waals surface area contributed by atoms with Crippen molar-refractivity contribution in [2.75, 3.05) is 6.61 Å². The first kappa shape index (κ1) is 15.0. The molecule has 0 fully saturated rings. The van der Waals surface area contributed by atoms with E-state index in [0.717, 1.165) is 5.56 Å². The van der Waals surface area contributed by atoms with Gasteiger partial charge in [-0.3, -0.25) is 4.79 Å². The van der Waals surface area contributed by atoms with Gasteiger partial charge in [0.2, 0.25) is 5.88 Å². The number of ether oxygens (including phenoxy) is 1. The molecule has 4 nitrogen and oxygen atoms in total. The number of rotatable bonds is 5. The summed E-state index contributed by atoms with van der Waals surface area (Å²) < 4.78 is 18.2. The van der Waals surface area contributed by atoms with Crippen LogP contribution in [0.2, 0.25) is 0 Å². The smallest absolute Gasteiger partial charge is 0.257 e. The zero-order valence-corrected chi connectivity index (χ0v) is 12.0. The number of amides is 1. The zero-order chi connectivity index (χ0) is 15.2. The average Bonchev–Trinajstić information content (AvgIpc) is 2.48. The fourth-order valence-electron chi connectivity index (χ4n) is 1.92. The Labute approximate surface area is 123 Å². The molecule has 1 aromatic carbocycles. The van der Waals surface area contributed by atoms with Crippen molar-refractivity contribution in [2.24, 2.45) is 0 Å². The van der Waals surface area contributed by atoms with Gasteiger partial charge >= 0.3 is 0 Å². The molecule has 0 aliphatic heterocycles. The second-order valence-corrected chi connectivity index (χ2v) is 4.54. The Morgan fingerprint density at radius 3 is 2.71 bits per heavy atom. The van der Waals surface area contributed by atoms with Crippen LogP contribution in [0, 0.1) is 5.82 Å². The molecule has 1 heterocycles. The van der Waals surface area contributed by atoms with E-state index >= 15 is 0 Å². The number of nitrogens with one attached hydrogen (secondary N) is 1. The second kappa shape index (κ2) is 6.83. The topological polar surface area (TPSA) is 51.2 Å². The van der Waals surface area contributed by atoms with Crippen molar-refractivity contribution >= 4 is 5.91 Å². The van der Waals surface area contributed by atoms with Gasteiger partial charge in [0.05, 0.1) is 12.6 Å². The molecule has 0 aliphatic carbocycles. The maximum atomic E-state index is 12.9. The summed E-state index contributed by atoms with van der Waals surface area (Å²) in [6.45, 7) is 4.10. The highest BCUT2D eigenvalue weighted by atomic mass is 19.1. The van der Waals surface area contributed by atoms with Gasteiger partial charge in [-0.25, -0.2) is 9.37 Å². The van der Waals surface area contributed by atoms with E-state index in [-0.39, 0.29) is 17.8 Å². The molecule has 5 heteroatoms. The van der Waals surface area contributed by atoms with Crippen LogP contribution in [0.15, 0.2) is 42.6 Å². The molecule has 0 unspecified atom stereocenters. The van der Waals surface area contributed by atoms with Crippen LogP contribution in [0.5, 0.6) is 5.88 Å². The first-order valence-electron chi connectivity index (χ1n) is 6.76. The molecule has 0 saturated heterocycles. The quantitative estimate of drug-likeness (QED) is 0.919. The summed E-state index contributed by atoms with van der Waals surface area (Å²) in [7, 11) is 0. The number of hydrogen-bond acceptors (Lipinski definition) is 3. The molecule has 21 heavy (non-hydrogen) atoms. The second-order valence-electron chi connectivity index (χ2n) is 4.54. The first-order chi connectivity index (χ1) is 10.1. The number of benzene rings is 1. The van der Waals surface area contributed by atoms with E-state index in [4.69, 9.17) is 4.74 Å². The van der Waals surface area contributed by atoms with Crippen LogP contribution in [0.1, 0.15) is 35.8 Å². The van der Waals surface area contributed by atoms with Crippen molar-refractivity contribution in [3.63, 3.8) is 0 Å². The van der Waals surface area contributed by atoms with Crippen LogP contribution in [0.3, 0.4) is 0 Å². The molecule has 0 spiro atoms. The Balaban J connectivity index is 2.12. The third-order valence-corrected chi connectivity index (χ3v) is 3.01. The monoisotopic (exact) mass is 288 g/mol. The maximum Gasteiger partial charge on any atom is 0.257 e. The Bertz CT molecular complexity index is 614. The summed E-state index contributed by atoms with van der Waals surface area (Å²) in [6.07, 6.45) is 1.57. The van der Waals surface area contributed by atoms with Crippen LogP contribution >= 0.6 is 0 Å². The largest absolute Gasteiger partial charge is 0.477 e. The lowest BCUT2D eigenvalue weighted by molar-refractivity contribution is 0.0935. The molecule has 0 aliphatic rings. The maximum absolute atomic E-state index is 12.9. The summed E-state index contributed by atoms with van der Waals surface area (Å²) in [5.74, 6) is -0.268. The summed E-state index contributed by atoms with van der Waals surface area (Å²) in [5.41, 5.74) is 1.21. The van der Waals surface area contributed by atoms with Crippen molar-refractivity contribution in [2.45, 2.75) is 19.9 Å². The van der Waals surface area contributed by atoms with E-state index in [1.807, 2.05) is 13.8 Å². The summed E-state index contributed by atoms with van der Waals surface area (Å²) in [4.78, 5) is 16.3. The van der Waals surface area contributed by atoms with Gasteiger partial charge in [-0.1, -0.05) is 12.1 Å². The van der Waals surface area contributed by atoms with Crippen molar-refractivity contribution in [1.29, 1.82) is 0 Å². The molecule has 2 aromatic rings. The number of nitrogens with zero attached hydrogens (tertiary/aromatic N) is 1. The van der Waals surface area contributed by atoms with Gasteiger partial charge in [0.1, 0.15) is 11.4 Å². The minimum atomic E-state index is -0.303. The third-order valence-electron chi connectivity index (χ3n) is 3.01. The molecule has 1 atom stereocenters. The van der Waals surface area contributed by atoms with Gasteiger partial charge in [-0.15, -0.1) is 0 Å². The lowest BCUT2D eigenvalue weighted by Gasteiger charge is -2.15. The van der Waals surface area contributed by atoms with Crippen molar-refractivity contribution in [3.8, 4) is 5.88 Å². The van der Waals surface area contributed by atoms with Crippen LogP contribution < -0.4 is 10.1 Å². The third kappa shape index (κ3) is 3.78. The number of pyridine rings is 1. The van der Waals surface area contributed by atoms with E-state index in [1.54, 1.807) is 30.5 Å². The van der Waals surface area contributed by atoms with Gasteiger partial charge in [-0.05, 0) is 43.7 Å². The molecule has 0 radical (unpaired) electrons.